The van der Waals surface area contributed by atoms with Crippen molar-refractivity contribution < 1.29 is 0 Å². The lowest BCUT2D eigenvalue weighted by Gasteiger charge is -2.19. The topological polar surface area (TPSA) is 52.6 Å². The normalized spacial score (nSPS) is 10.8. The quantitative estimate of drug-likeness (QED) is 0.196. The highest BCUT2D eigenvalue weighted by atomic mass is 127. The van der Waals surface area contributed by atoms with E-state index in [1.165, 1.54) is 5.69 Å². The number of rotatable bonds is 8. The molecule has 2 N–H and O–H groups in total. The smallest absolute Gasteiger partial charge is 0.190 e. The molecule has 0 amide bonds. The lowest BCUT2D eigenvalue weighted by molar-refractivity contribution is 0.727. The lowest BCUT2D eigenvalue weighted by Crippen LogP contribution is -2.39. The van der Waals surface area contributed by atoms with E-state index in [1.807, 2.05) is 18.2 Å². The Kier molecular flexibility index (Phi) is 11.0. The van der Waals surface area contributed by atoms with E-state index in [-0.39, 0.29) is 24.0 Å². The molecule has 0 aliphatic heterocycles. The second-order valence-corrected chi connectivity index (χ2v) is 6.16. The summed E-state index contributed by atoms with van der Waals surface area (Å²) in [6, 6.07) is 14.2. The Labute approximate surface area is 178 Å². The molecule has 0 aliphatic carbocycles. The number of aliphatic imine (C=N–C) groups is 1. The highest BCUT2D eigenvalue weighted by Gasteiger charge is 2.01. The van der Waals surface area contributed by atoms with Crippen LogP contribution in [0.15, 0.2) is 53.7 Å². The van der Waals surface area contributed by atoms with Gasteiger partial charge in [0.2, 0.25) is 0 Å². The molecule has 0 radical (unpaired) electrons. The molecular weight excluding hydrogens is 461 g/mol. The second-order valence-electron chi connectivity index (χ2n) is 5.78. The number of para-hydroxylation sites is 1. The number of halogens is 2. The first kappa shape index (κ1) is 22.5. The molecule has 5 nitrogen and oxygen atoms in total. The highest BCUT2D eigenvalue weighted by molar-refractivity contribution is 14.0. The molecule has 0 saturated carbocycles. The maximum Gasteiger partial charge on any atom is 0.190 e. The number of nitrogens with zero attached hydrogens (tertiary/aromatic N) is 3. The van der Waals surface area contributed by atoms with Crippen LogP contribution in [-0.4, -0.2) is 44.7 Å². The number of aromatic nitrogens is 1. The average molecular weight is 488 g/mol. The summed E-state index contributed by atoms with van der Waals surface area (Å²) in [4.78, 5) is 10.6. The summed E-state index contributed by atoms with van der Waals surface area (Å²) in [5.74, 6) is 0.823. The fraction of sp³-hybridized carbons (Fsp3) is 0.368. The van der Waals surface area contributed by atoms with Gasteiger partial charge >= 0.3 is 0 Å². The van der Waals surface area contributed by atoms with Gasteiger partial charge in [-0.3, -0.25) is 4.99 Å². The van der Waals surface area contributed by atoms with Crippen molar-refractivity contribution in [2.24, 2.45) is 4.99 Å². The van der Waals surface area contributed by atoms with E-state index >= 15 is 0 Å². The minimum atomic E-state index is 0. The Balaban J connectivity index is 0.00000338. The van der Waals surface area contributed by atoms with Crippen LogP contribution >= 0.6 is 35.6 Å². The van der Waals surface area contributed by atoms with Crippen LogP contribution in [0.3, 0.4) is 0 Å². The van der Waals surface area contributed by atoms with Crippen LogP contribution in [0.4, 0.5) is 5.69 Å². The zero-order chi connectivity index (χ0) is 17.9. The van der Waals surface area contributed by atoms with Gasteiger partial charge in [0.1, 0.15) is 5.15 Å². The van der Waals surface area contributed by atoms with Gasteiger partial charge in [-0.2, -0.15) is 0 Å². The van der Waals surface area contributed by atoms with Crippen LogP contribution in [-0.2, 0) is 6.42 Å². The summed E-state index contributed by atoms with van der Waals surface area (Å²) in [6.07, 6.45) is 3.72. The maximum atomic E-state index is 5.79. The molecule has 0 spiro atoms. The molecule has 7 heteroatoms. The average Bonchev–Trinajstić information content (AvgIpc) is 2.65. The second kappa shape index (κ2) is 12.8. The highest BCUT2D eigenvalue weighted by Crippen LogP contribution is 2.10. The van der Waals surface area contributed by atoms with Crippen LogP contribution in [0.1, 0.15) is 12.0 Å². The molecule has 1 aromatic carbocycles. The molecule has 2 rings (SSSR count). The lowest BCUT2D eigenvalue weighted by atomic mass is 10.2. The first-order valence-corrected chi connectivity index (χ1v) is 8.88. The van der Waals surface area contributed by atoms with Crippen molar-refractivity contribution in [3.63, 3.8) is 0 Å². The summed E-state index contributed by atoms with van der Waals surface area (Å²) >= 11 is 5.79. The van der Waals surface area contributed by atoms with Crippen LogP contribution in [0.25, 0.3) is 0 Å². The molecule has 0 atom stereocenters. The van der Waals surface area contributed by atoms with E-state index in [1.54, 1.807) is 13.2 Å². The zero-order valence-electron chi connectivity index (χ0n) is 15.3. The van der Waals surface area contributed by atoms with Gasteiger partial charge in [0.25, 0.3) is 0 Å². The third kappa shape index (κ3) is 8.23. The third-order valence-electron chi connectivity index (χ3n) is 3.88. The number of benzene rings is 1. The monoisotopic (exact) mass is 487 g/mol. The summed E-state index contributed by atoms with van der Waals surface area (Å²) in [5.41, 5.74) is 2.39. The minimum Gasteiger partial charge on any atom is -0.375 e. The number of nitrogens with one attached hydrogen (secondary N) is 2. The standard InChI is InChI=1S/C19H26ClN5.HI/c1-21-19(23-13-11-16-9-10-18(20)24-15-16)22-12-6-14-25(2)17-7-4-3-5-8-17;/h3-5,7-10,15H,6,11-14H2,1-2H3,(H2,21,22,23);1H. The summed E-state index contributed by atoms with van der Waals surface area (Å²) < 4.78 is 0. The Morgan fingerprint density at radius 3 is 2.50 bits per heavy atom. The Bertz CT molecular complexity index is 649. The zero-order valence-corrected chi connectivity index (χ0v) is 18.4. The van der Waals surface area contributed by atoms with E-state index < -0.39 is 0 Å². The van der Waals surface area contributed by atoms with Gasteiger partial charge in [-0.25, -0.2) is 4.98 Å². The first-order chi connectivity index (χ1) is 12.2. The number of hydrogen-bond donors (Lipinski definition) is 2. The van der Waals surface area contributed by atoms with Gasteiger partial charge in [0, 0.05) is 45.6 Å². The fourth-order valence-electron chi connectivity index (χ4n) is 2.43. The largest absolute Gasteiger partial charge is 0.375 e. The van der Waals surface area contributed by atoms with Crippen LogP contribution in [0.5, 0.6) is 0 Å². The first-order valence-electron chi connectivity index (χ1n) is 8.50. The van der Waals surface area contributed by atoms with E-state index in [2.05, 4.69) is 56.8 Å². The van der Waals surface area contributed by atoms with Crippen LogP contribution in [0, 0.1) is 0 Å². The SMILES string of the molecule is CN=C(NCCCN(C)c1ccccc1)NCCc1ccc(Cl)nc1.I. The molecule has 1 aromatic heterocycles. The van der Waals surface area contributed by atoms with Gasteiger partial charge in [0.05, 0.1) is 0 Å². The Hall–Kier alpha value is -1.54. The van der Waals surface area contributed by atoms with Gasteiger partial charge in [-0.1, -0.05) is 35.9 Å². The molecule has 142 valence electrons. The molecule has 1 heterocycles. The van der Waals surface area contributed by atoms with Crippen molar-refractivity contribution in [1.82, 2.24) is 15.6 Å². The van der Waals surface area contributed by atoms with Gasteiger partial charge in [-0.15, -0.1) is 24.0 Å². The van der Waals surface area contributed by atoms with Crippen LogP contribution in [0.2, 0.25) is 5.15 Å². The molecule has 26 heavy (non-hydrogen) atoms. The number of anilines is 1. The summed E-state index contributed by atoms with van der Waals surface area (Å²) in [6.45, 7) is 2.66. The molecule has 0 unspecified atom stereocenters. The fourth-order valence-corrected chi connectivity index (χ4v) is 2.55. The van der Waals surface area contributed by atoms with Crippen molar-refractivity contribution >= 4 is 47.2 Å². The van der Waals surface area contributed by atoms with Gasteiger partial charge in [0.15, 0.2) is 5.96 Å². The summed E-state index contributed by atoms with van der Waals surface area (Å²) in [5, 5.41) is 7.19. The van der Waals surface area contributed by atoms with Gasteiger partial charge in [-0.05, 0) is 36.6 Å². The predicted octanol–water partition coefficient (Wildman–Crippen LogP) is 3.59. The van der Waals surface area contributed by atoms with Crippen LogP contribution < -0.4 is 15.5 Å². The van der Waals surface area contributed by atoms with Crippen molar-refractivity contribution in [2.45, 2.75) is 12.8 Å². The summed E-state index contributed by atoms with van der Waals surface area (Å²) in [7, 11) is 3.90. The molecular formula is C19H27ClIN5. The maximum absolute atomic E-state index is 5.79. The van der Waals surface area contributed by atoms with Crippen molar-refractivity contribution in [1.29, 1.82) is 0 Å². The molecule has 0 saturated heterocycles. The van der Waals surface area contributed by atoms with Crippen molar-refractivity contribution in [2.75, 3.05) is 38.6 Å². The Morgan fingerprint density at radius 2 is 1.85 bits per heavy atom. The molecule has 2 aromatic rings. The van der Waals surface area contributed by atoms with Crippen molar-refractivity contribution in [3.8, 4) is 0 Å². The van der Waals surface area contributed by atoms with E-state index in [0.29, 0.717) is 5.15 Å². The molecule has 0 fully saturated rings. The van der Waals surface area contributed by atoms with E-state index in [4.69, 9.17) is 11.6 Å². The third-order valence-corrected chi connectivity index (χ3v) is 4.10. The molecule has 0 aliphatic rings. The number of pyridine rings is 1. The van der Waals surface area contributed by atoms with E-state index in [9.17, 15) is 0 Å². The number of hydrogen-bond acceptors (Lipinski definition) is 3. The van der Waals surface area contributed by atoms with E-state index in [0.717, 1.165) is 44.0 Å². The minimum absolute atomic E-state index is 0. The Morgan fingerprint density at radius 1 is 1.12 bits per heavy atom. The van der Waals surface area contributed by atoms with Gasteiger partial charge < -0.3 is 15.5 Å². The molecule has 0 bridgehead atoms. The number of guanidine groups is 1. The van der Waals surface area contributed by atoms with Crippen molar-refractivity contribution in [3.05, 3.63) is 59.4 Å². The predicted molar refractivity (Wildman–Crippen MR) is 122 cm³/mol.